The van der Waals surface area contributed by atoms with Crippen molar-refractivity contribution in [3.63, 3.8) is 0 Å². The van der Waals surface area contributed by atoms with E-state index in [1.807, 2.05) is 41.5 Å². The van der Waals surface area contributed by atoms with Crippen molar-refractivity contribution in [1.82, 2.24) is 16.0 Å². The molecule has 0 heterocycles. The Balaban J connectivity index is 3.20. The van der Waals surface area contributed by atoms with Gasteiger partial charge in [-0.05, 0) is 41.9 Å². The van der Waals surface area contributed by atoms with E-state index in [2.05, 4.69) is 16.0 Å². The van der Waals surface area contributed by atoms with Crippen molar-refractivity contribution in [2.24, 2.45) is 23.5 Å². The molecular weight excluding hydrogens is 476 g/mol. The van der Waals surface area contributed by atoms with Crippen LogP contribution in [0.15, 0.2) is 24.3 Å². The van der Waals surface area contributed by atoms with Gasteiger partial charge in [-0.2, -0.15) is 0 Å². The van der Waals surface area contributed by atoms with E-state index in [4.69, 9.17) is 5.73 Å². The summed E-state index contributed by atoms with van der Waals surface area (Å²) in [6.45, 7) is 11.2. The van der Waals surface area contributed by atoms with Crippen LogP contribution in [0.4, 0.5) is 0 Å². The number of carboxylic acids is 1. The van der Waals surface area contributed by atoms with E-state index >= 15 is 0 Å². The van der Waals surface area contributed by atoms with Gasteiger partial charge in [-0.1, -0.05) is 66.5 Å². The largest absolute Gasteiger partial charge is 0.508 e. The third-order valence-corrected chi connectivity index (χ3v) is 6.68. The van der Waals surface area contributed by atoms with Crippen molar-refractivity contribution >= 4 is 23.7 Å². The fourth-order valence-electron chi connectivity index (χ4n) is 3.77. The third-order valence-electron chi connectivity index (χ3n) is 6.68. The van der Waals surface area contributed by atoms with Crippen LogP contribution < -0.4 is 21.7 Å². The van der Waals surface area contributed by atoms with Crippen molar-refractivity contribution in [3.05, 3.63) is 29.8 Å². The van der Waals surface area contributed by atoms with E-state index in [1.54, 1.807) is 12.1 Å². The maximum absolute atomic E-state index is 13.4. The van der Waals surface area contributed by atoms with Crippen LogP contribution in [0, 0.1) is 17.8 Å². The van der Waals surface area contributed by atoms with Crippen LogP contribution in [0.3, 0.4) is 0 Å². The molecule has 10 heteroatoms. The number of carboxylic acid groups (broad SMARTS) is 1. The number of hydrogen-bond donors (Lipinski definition) is 6. The molecule has 6 unspecified atom stereocenters. The van der Waals surface area contributed by atoms with Crippen molar-refractivity contribution in [1.29, 1.82) is 0 Å². The van der Waals surface area contributed by atoms with E-state index in [-0.39, 0.29) is 36.3 Å². The molecule has 0 fully saturated rings. The first-order valence-electron chi connectivity index (χ1n) is 13.0. The molecule has 1 aromatic rings. The van der Waals surface area contributed by atoms with Gasteiger partial charge < -0.3 is 31.9 Å². The van der Waals surface area contributed by atoms with Crippen LogP contribution >= 0.6 is 0 Å². The van der Waals surface area contributed by atoms with Gasteiger partial charge in [0.2, 0.25) is 17.7 Å². The fraction of sp³-hybridized carbons (Fsp3) is 0.630. The van der Waals surface area contributed by atoms with Crippen LogP contribution in [0.1, 0.15) is 66.4 Å². The lowest BCUT2D eigenvalue weighted by Gasteiger charge is -2.29. The Morgan fingerprint density at radius 3 is 1.84 bits per heavy atom. The lowest BCUT2D eigenvalue weighted by Crippen LogP contribution is -2.59. The van der Waals surface area contributed by atoms with Gasteiger partial charge in [-0.3, -0.25) is 14.4 Å². The van der Waals surface area contributed by atoms with Crippen molar-refractivity contribution in [2.45, 2.75) is 91.4 Å². The number of phenols is 1. The molecule has 0 radical (unpaired) electrons. The molecule has 10 nitrogen and oxygen atoms in total. The normalized spacial score (nSPS) is 16.1. The molecule has 0 saturated heterocycles. The Hall–Kier alpha value is -3.14. The smallest absolute Gasteiger partial charge is 0.326 e. The van der Waals surface area contributed by atoms with Crippen molar-refractivity contribution in [3.8, 4) is 5.75 Å². The molecule has 0 aliphatic heterocycles. The monoisotopic (exact) mass is 520 g/mol. The molecule has 0 spiro atoms. The number of carbonyl (C=O) groups excluding carboxylic acids is 3. The number of phenolic OH excluding ortho intramolecular Hbond substituents is 1. The van der Waals surface area contributed by atoms with E-state index in [0.29, 0.717) is 18.4 Å². The minimum absolute atomic E-state index is 0.0197. The molecule has 1 rings (SSSR count). The molecule has 37 heavy (non-hydrogen) atoms. The zero-order chi connectivity index (χ0) is 28.3. The van der Waals surface area contributed by atoms with Crippen molar-refractivity contribution in [2.75, 3.05) is 0 Å². The Labute approximate surface area is 219 Å². The lowest BCUT2D eigenvalue weighted by atomic mass is 9.95. The standard InChI is InChI=1S/C27H44N4O6/c1-7-16(5)22(28)25(34)31-23(17(6)8-2)26(35)29-20(14-18-9-11-19(32)12-10-18)24(33)30-21(27(36)37)13-15(3)4/h9-12,15-17,20-23,32H,7-8,13-14,28H2,1-6H3,(H,29,35)(H,30,33)(H,31,34)(H,36,37). The molecule has 6 atom stereocenters. The van der Waals surface area contributed by atoms with Gasteiger partial charge in [0.1, 0.15) is 23.9 Å². The van der Waals surface area contributed by atoms with Gasteiger partial charge in [0, 0.05) is 6.42 Å². The van der Waals surface area contributed by atoms with Gasteiger partial charge in [0.25, 0.3) is 0 Å². The van der Waals surface area contributed by atoms with Crippen molar-refractivity contribution < 1.29 is 29.4 Å². The number of nitrogens with two attached hydrogens (primary N) is 1. The predicted octanol–water partition coefficient (Wildman–Crippen LogP) is 1.94. The van der Waals surface area contributed by atoms with Gasteiger partial charge in [-0.15, -0.1) is 0 Å². The quantitative estimate of drug-likeness (QED) is 0.205. The first-order valence-corrected chi connectivity index (χ1v) is 13.0. The molecule has 0 saturated carbocycles. The number of rotatable bonds is 15. The Bertz CT molecular complexity index is 905. The highest BCUT2D eigenvalue weighted by atomic mass is 16.4. The summed E-state index contributed by atoms with van der Waals surface area (Å²) in [5.74, 6) is -3.09. The molecule has 3 amide bonds. The summed E-state index contributed by atoms with van der Waals surface area (Å²) in [7, 11) is 0. The highest BCUT2D eigenvalue weighted by molar-refractivity contribution is 5.94. The Morgan fingerprint density at radius 2 is 1.35 bits per heavy atom. The minimum atomic E-state index is -1.17. The summed E-state index contributed by atoms with van der Waals surface area (Å²) in [5.41, 5.74) is 6.71. The molecule has 0 aromatic heterocycles. The van der Waals surface area contributed by atoms with E-state index in [9.17, 15) is 29.4 Å². The van der Waals surface area contributed by atoms with Crippen LogP contribution in [0.2, 0.25) is 0 Å². The number of benzene rings is 1. The molecular formula is C27H44N4O6. The number of aliphatic carboxylic acids is 1. The second-order valence-corrected chi connectivity index (χ2v) is 10.2. The zero-order valence-corrected chi connectivity index (χ0v) is 22.8. The van der Waals surface area contributed by atoms with E-state index < -0.39 is 47.9 Å². The molecule has 0 aliphatic carbocycles. The van der Waals surface area contributed by atoms with E-state index in [0.717, 1.165) is 0 Å². The minimum Gasteiger partial charge on any atom is -0.508 e. The highest BCUT2D eigenvalue weighted by Gasteiger charge is 2.33. The van der Waals surface area contributed by atoms with Crippen LogP contribution in [0.5, 0.6) is 5.75 Å². The summed E-state index contributed by atoms with van der Waals surface area (Å²) in [5, 5.41) is 27.2. The van der Waals surface area contributed by atoms with Crippen LogP contribution in [-0.2, 0) is 25.6 Å². The average Bonchev–Trinajstić information content (AvgIpc) is 2.85. The van der Waals surface area contributed by atoms with Gasteiger partial charge in [0.05, 0.1) is 6.04 Å². The van der Waals surface area contributed by atoms with Gasteiger partial charge in [-0.25, -0.2) is 4.79 Å². The second kappa shape index (κ2) is 15.2. The number of carbonyl (C=O) groups is 4. The van der Waals surface area contributed by atoms with Crippen LogP contribution in [-0.4, -0.2) is 58.1 Å². The first-order chi connectivity index (χ1) is 17.3. The number of amides is 3. The third kappa shape index (κ3) is 10.4. The summed E-state index contributed by atoms with van der Waals surface area (Å²) in [6, 6.07) is 2.20. The second-order valence-electron chi connectivity index (χ2n) is 10.2. The molecule has 7 N–H and O–H groups in total. The topological polar surface area (TPSA) is 171 Å². The summed E-state index contributed by atoms with van der Waals surface area (Å²) in [6.07, 6.45) is 1.56. The number of aromatic hydroxyl groups is 1. The summed E-state index contributed by atoms with van der Waals surface area (Å²) < 4.78 is 0. The first kappa shape index (κ1) is 31.9. The molecule has 208 valence electrons. The van der Waals surface area contributed by atoms with Gasteiger partial charge >= 0.3 is 5.97 Å². The maximum atomic E-state index is 13.4. The Kier molecular flexibility index (Phi) is 13.1. The van der Waals surface area contributed by atoms with E-state index in [1.165, 1.54) is 12.1 Å². The molecule has 0 aliphatic rings. The summed E-state index contributed by atoms with van der Waals surface area (Å²) in [4.78, 5) is 51.1. The lowest BCUT2D eigenvalue weighted by molar-refractivity contribution is -0.142. The number of nitrogens with one attached hydrogen (secondary N) is 3. The zero-order valence-electron chi connectivity index (χ0n) is 22.8. The number of hydrogen-bond acceptors (Lipinski definition) is 6. The Morgan fingerprint density at radius 1 is 0.811 bits per heavy atom. The summed E-state index contributed by atoms with van der Waals surface area (Å²) >= 11 is 0. The fourth-order valence-corrected chi connectivity index (χ4v) is 3.77. The molecule has 0 bridgehead atoms. The maximum Gasteiger partial charge on any atom is 0.326 e. The average molecular weight is 521 g/mol. The van der Waals surface area contributed by atoms with Gasteiger partial charge in [0.15, 0.2) is 0 Å². The highest BCUT2D eigenvalue weighted by Crippen LogP contribution is 2.14. The molecule has 1 aromatic carbocycles. The predicted molar refractivity (Wildman–Crippen MR) is 142 cm³/mol. The SMILES string of the molecule is CCC(C)C(N)C(=O)NC(C(=O)NC(Cc1ccc(O)cc1)C(=O)NC(CC(C)C)C(=O)O)C(C)CC. The van der Waals surface area contributed by atoms with Crippen LogP contribution in [0.25, 0.3) is 0 Å².